The second kappa shape index (κ2) is 9.50. The molecule has 4 heterocycles. The minimum Gasteiger partial charge on any atom is -0.449 e. The minimum absolute atomic E-state index is 0.102. The summed E-state index contributed by atoms with van der Waals surface area (Å²) in [5.41, 5.74) is 3.43. The van der Waals surface area contributed by atoms with E-state index < -0.39 is 0 Å². The number of nitrogens with zero attached hydrogens (tertiary/aromatic N) is 6. The summed E-state index contributed by atoms with van der Waals surface area (Å²) in [5.74, 6) is -0.102. The van der Waals surface area contributed by atoms with E-state index in [0.29, 0.717) is 54.6 Å². The highest BCUT2D eigenvalue weighted by Crippen LogP contribution is 2.30. The van der Waals surface area contributed by atoms with Gasteiger partial charge in [-0.25, -0.2) is 14.8 Å². The molecule has 180 valence electrons. The van der Waals surface area contributed by atoms with E-state index in [0.717, 1.165) is 28.4 Å². The van der Waals surface area contributed by atoms with Crippen LogP contribution in [0.5, 0.6) is 0 Å². The van der Waals surface area contributed by atoms with Crippen LogP contribution in [0.3, 0.4) is 0 Å². The first-order valence-corrected chi connectivity index (χ1v) is 11.9. The number of aromatic nitrogens is 4. The Bertz CT molecular complexity index is 1430. The average Bonchev–Trinajstić information content (AvgIpc) is 3.26. The number of hydrogen-bond acceptors (Lipinski definition) is 6. The van der Waals surface area contributed by atoms with Gasteiger partial charge >= 0.3 is 6.09 Å². The van der Waals surface area contributed by atoms with Crippen molar-refractivity contribution in [3.8, 4) is 11.3 Å². The Balaban J connectivity index is 1.38. The number of aryl methyl sites for hydroxylation is 1. The zero-order valence-corrected chi connectivity index (χ0v) is 20.3. The van der Waals surface area contributed by atoms with Crippen molar-refractivity contribution in [1.29, 1.82) is 0 Å². The van der Waals surface area contributed by atoms with Crippen LogP contribution in [0.25, 0.3) is 33.2 Å². The molecule has 0 radical (unpaired) electrons. The molecule has 10 heteroatoms. The molecule has 1 saturated heterocycles. The molecule has 0 saturated carbocycles. The number of ether oxygens (including phenoxy) is 1. The van der Waals surface area contributed by atoms with Crippen LogP contribution in [0.2, 0.25) is 5.02 Å². The Hall–Kier alpha value is -3.72. The maximum absolute atomic E-state index is 13.2. The Kier molecular flexibility index (Phi) is 6.25. The molecule has 0 atom stereocenters. The SMILES string of the molecule is CCCOC(=O)N1CCN(C(=O)c2ccc3c(Cl)cc(-c4cnc5c(cnn5C)c4)nc3c2)CC1. The van der Waals surface area contributed by atoms with Gasteiger partial charge in [0.05, 0.1) is 29.0 Å². The average molecular weight is 493 g/mol. The molecule has 1 aliphatic rings. The number of benzene rings is 1. The molecular weight excluding hydrogens is 468 g/mol. The standard InChI is InChI=1S/C25H25ClN6O3/c1-3-10-35-25(34)32-8-6-31(7-9-32)24(33)16-4-5-19-20(26)13-21(29-22(19)12-16)17-11-18-15-28-30(2)23(18)27-14-17/h4-5,11-15H,3,6-10H2,1-2H3. The van der Waals surface area contributed by atoms with Gasteiger partial charge in [-0.3, -0.25) is 9.48 Å². The van der Waals surface area contributed by atoms with Gasteiger partial charge < -0.3 is 14.5 Å². The van der Waals surface area contributed by atoms with Crippen molar-refractivity contribution in [2.24, 2.45) is 7.05 Å². The van der Waals surface area contributed by atoms with E-state index in [1.807, 2.05) is 26.1 Å². The lowest BCUT2D eigenvalue weighted by atomic mass is 10.1. The Morgan fingerprint density at radius 1 is 1.06 bits per heavy atom. The predicted octanol–water partition coefficient (Wildman–Crippen LogP) is 4.14. The molecule has 1 aliphatic heterocycles. The van der Waals surface area contributed by atoms with Gasteiger partial charge in [0.15, 0.2) is 5.65 Å². The van der Waals surface area contributed by atoms with E-state index in [4.69, 9.17) is 21.3 Å². The van der Waals surface area contributed by atoms with Crippen LogP contribution in [0, 0.1) is 0 Å². The summed E-state index contributed by atoms with van der Waals surface area (Å²) in [6.45, 7) is 4.14. The van der Waals surface area contributed by atoms with Crippen LogP contribution in [0.1, 0.15) is 23.7 Å². The van der Waals surface area contributed by atoms with Crippen LogP contribution in [-0.2, 0) is 11.8 Å². The van der Waals surface area contributed by atoms with E-state index in [2.05, 4.69) is 10.1 Å². The van der Waals surface area contributed by atoms with Gasteiger partial charge in [0.1, 0.15) is 0 Å². The largest absolute Gasteiger partial charge is 0.449 e. The fraction of sp³-hybridized carbons (Fsp3) is 0.320. The maximum Gasteiger partial charge on any atom is 0.409 e. The highest BCUT2D eigenvalue weighted by Gasteiger charge is 2.26. The van der Waals surface area contributed by atoms with E-state index in [1.54, 1.807) is 45.1 Å². The number of halogens is 1. The van der Waals surface area contributed by atoms with Gasteiger partial charge in [-0.2, -0.15) is 5.10 Å². The molecule has 3 aromatic heterocycles. The summed E-state index contributed by atoms with van der Waals surface area (Å²) in [4.78, 5) is 37.9. The van der Waals surface area contributed by atoms with Crippen molar-refractivity contribution in [2.45, 2.75) is 13.3 Å². The van der Waals surface area contributed by atoms with Crippen LogP contribution in [0.15, 0.2) is 42.7 Å². The van der Waals surface area contributed by atoms with Gasteiger partial charge in [-0.15, -0.1) is 0 Å². The topological polar surface area (TPSA) is 93.5 Å². The first kappa shape index (κ1) is 23.0. The molecule has 0 N–H and O–H groups in total. The number of rotatable bonds is 4. The van der Waals surface area contributed by atoms with Crippen molar-refractivity contribution < 1.29 is 14.3 Å². The molecule has 4 aromatic rings. The Morgan fingerprint density at radius 2 is 1.83 bits per heavy atom. The van der Waals surface area contributed by atoms with Crippen LogP contribution in [-0.4, -0.2) is 74.3 Å². The van der Waals surface area contributed by atoms with Crippen LogP contribution < -0.4 is 0 Å². The van der Waals surface area contributed by atoms with Crippen LogP contribution in [0.4, 0.5) is 4.79 Å². The molecule has 1 fully saturated rings. The quantitative estimate of drug-likeness (QED) is 0.425. The van der Waals surface area contributed by atoms with Gasteiger partial charge in [0.25, 0.3) is 5.91 Å². The molecule has 0 unspecified atom stereocenters. The molecule has 0 spiro atoms. The van der Waals surface area contributed by atoms with E-state index >= 15 is 0 Å². The second-order valence-corrected chi connectivity index (χ2v) is 8.93. The molecule has 35 heavy (non-hydrogen) atoms. The second-order valence-electron chi connectivity index (χ2n) is 8.52. The van der Waals surface area contributed by atoms with Gasteiger partial charge in [0, 0.05) is 61.3 Å². The van der Waals surface area contributed by atoms with E-state index in [-0.39, 0.29) is 12.0 Å². The molecule has 9 nitrogen and oxygen atoms in total. The summed E-state index contributed by atoms with van der Waals surface area (Å²) >= 11 is 6.58. The fourth-order valence-corrected chi connectivity index (χ4v) is 4.47. The third-order valence-corrected chi connectivity index (χ3v) is 6.44. The van der Waals surface area contributed by atoms with Crippen molar-refractivity contribution in [3.05, 3.63) is 53.3 Å². The summed E-state index contributed by atoms with van der Waals surface area (Å²) in [5, 5.41) is 6.46. The van der Waals surface area contributed by atoms with Crippen molar-refractivity contribution in [1.82, 2.24) is 29.5 Å². The number of fused-ring (bicyclic) bond motifs is 2. The normalized spacial score (nSPS) is 14.0. The molecule has 1 aromatic carbocycles. The molecule has 0 aliphatic carbocycles. The summed E-state index contributed by atoms with van der Waals surface area (Å²) in [6, 6.07) is 9.14. The third-order valence-electron chi connectivity index (χ3n) is 6.13. The summed E-state index contributed by atoms with van der Waals surface area (Å²) in [6.07, 6.45) is 3.96. The highest BCUT2D eigenvalue weighted by atomic mass is 35.5. The van der Waals surface area contributed by atoms with Gasteiger partial charge in [-0.1, -0.05) is 24.6 Å². The maximum atomic E-state index is 13.2. The minimum atomic E-state index is -0.324. The highest BCUT2D eigenvalue weighted by molar-refractivity contribution is 6.35. The number of hydrogen-bond donors (Lipinski definition) is 0. The monoisotopic (exact) mass is 492 g/mol. The molecule has 5 rings (SSSR count). The Morgan fingerprint density at radius 3 is 2.60 bits per heavy atom. The number of carbonyl (C=O) groups is 2. The zero-order valence-electron chi connectivity index (χ0n) is 19.6. The number of piperazine rings is 1. The van der Waals surface area contributed by atoms with E-state index in [9.17, 15) is 9.59 Å². The number of amides is 2. The van der Waals surface area contributed by atoms with E-state index in [1.165, 1.54) is 0 Å². The molecule has 0 bridgehead atoms. The lowest BCUT2D eigenvalue weighted by Crippen LogP contribution is -2.50. The van der Waals surface area contributed by atoms with Crippen LogP contribution >= 0.6 is 11.6 Å². The van der Waals surface area contributed by atoms with Crippen molar-refractivity contribution in [3.63, 3.8) is 0 Å². The summed E-state index contributed by atoms with van der Waals surface area (Å²) < 4.78 is 6.91. The third kappa shape index (κ3) is 4.51. The first-order chi connectivity index (χ1) is 16.9. The lowest BCUT2D eigenvalue weighted by Gasteiger charge is -2.34. The van der Waals surface area contributed by atoms with Gasteiger partial charge in [-0.05, 0) is 30.7 Å². The molecular formula is C25H25ClN6O3. The first-order valence-electron chi connectivity index (χ1n) is 11.5. The van der Waals surface area contributed by atoms with Gasteiger partial charge in [0.2, 0.25) is 0 Å². The van der Waals surface area contributed by atoms with Crippen molar-refractivity contribution >= 4 is 45.5 Å². The molecule has 2 amide bonds. The summed E-state index contributed by atoms with van der Waals surface area (Å²) in [7, 11) is 1.84. The smallest absolute Gasteiger partial charge is 0.409 e. The lowest BCUT2D eigenvalue weighted by molar-refractivity contribution is 0.0560. The number of pyridine rings is 2. The number of carbonyl (C=O) groups excluding carboxylic acids is 2. The fourth-order valence-electron chi connectivity index (χ4n) is 4.21. The predicted molar refractivity (Wildman–Crippen MR) is 133 cm³/mol. The zero-order chi connectivity index (χ0) is 24.5. The Labute approximate surface area is 207 Å². The van der Waals surface area contributed by atoms with Crippen molar-refractivity contribution in [2.75, 3.05) is 32.8 Å².